The molecule has 2 aliphatic rings. The number of benzene rings is 1. The number of piperazine rings is 1. The average molecular weight is 548 g/mol. The second-order valence-corrected chi connectivity index (χ2v) is 9.95. The lowest BCUT2D eigenvalue weighted by Crippen LogP contribution is -2.57. The van der Waals surface area contributed by atoms with Crippen molar-refractivity contribution in [2.75, 3.05) is 44.2 Å². The number of aromatic nitrogens is 3. The first-order valence-electron chi connectivity index (χ1n) is 10.6. The SMILES string of the molecule is O=C(N1CCN(c2ncnc3[nH]cc(Br)c23)CC1)C1(c2cccc(Br)c2)CCNCC1. The molecule has 1 amide bonds. The van der Waals surface area contributed by atoms with Crippen LogP contribution in [0.3, 0.4) is 0 Å². The van der Waals surface area contributed by atoms with Crippen molar-refractivity contribution >= 4 is 54.6 Å². The zero-order chi connectivity index (χ0) is 21.4. The second kappa shape index (κ2) is 8.52. The maximum atomic E-state index is 13.9. The smallest absolute Gasteiger partial charge is 0.233 e. The molecule has 0 radical (unpaired) electrons. The number of carbonyl (C=O) groups is 1. The Labute approximate surface area is 197 Å². The number of nitrogens with one attached hydrogen (secondary N) is 2. The topological polar surface area (TPSA) is 77.2 Å². The van der Waals surface area contributed by atoms with E-state index >= 15 is 0 Å². The van der Waals surface area contributed by atoms with E-state index in [0.717, 1.165) is 70.4 Å². The van der Waals surface area contributed by atoms with Gasteiger partial charge in [0.2, 0.25) is 5.91 Å². The number of aromatic amines is 1. The summed E-state index contributed by atoms with van der Waals surface area (Å²) in [7, 11) is 0. The molecule has 7 nitrogen and oxygen atoms in total. The van der Waals surface area contributed by atoms with Crippen LogP contribution in [0.25, 0.3) is 11.0 Å². The van der Waals surface area contributed by atoms with Crippen LogP contribution < -0.4 is 10.2 Å². The quantitative estimate of drug-likeness (QED) is 0.525. The zero-order valence-electron chi connectivity index (χ0n) is 17.1. The van der Waals surface area contributed by atoms with Crippen molar-refractivity contribution < 1.29 is 4.79 Å². The number of halogens is 2. The normalized spacial score (nSPS) is 19.0. The molecule has 2 aromatic heterocycles. The van der Waals surface area contributed by atoms with E-state index in [1.807, 2.05) is 23.2 Å². The van der Waals surface area contributed by atoms with Gasteiger partial charge >= 0.3 is 0 Å². The van der Waals surface area contributed by atoms with Crippen LogP contribution >= 0.6 is 31.9 Å². The summed E-state index contributed by atoms with van der Waals surface area (Å²) in [5.74, 6) is 1.16. The van der Waals surface area contributed by atoms with Crippen molar-refractivity contribution in [2.24, 2.45) is 0 Å². The lowest BCUT2D eigenvalue weighted by Gasteiger charge is -2.43. The lowest BCUT2D eigenvalue weighted by molar-refractivity contribution is -0.139. The number of amides is 1. The molecule has 0 saturated carbocycles. The number of carbonyl (C=O) groups excluding carboxylic acids is 1. The van der Waals surface area contributed by atoms with Gasteiger partial charge in [-0.15, -0.1) is 0 Å². The van der Waals surface area contributed by atoms with Gasteiger partial charge in [-0.3, -0.25) is 4.79 Å². The van der Waals surface area contributed by atoms with Gasteiger partial charge in [-0.25, -0.2) is 9.97 Å². The molecule has 31 heavy (non-hydrogen) atoms. The van der Waals surface area contributed by atoms with E-state index in [4.69, 9.17) is 0 Å². The molecular weight excluding hydrogens is 524 g/mol. The third-order valence-electron chi connectivity index (χ3n) is 6.51. The summed E-state index contributed by atoms with van der Waals surface area (Å²) in [6, 6.07) is 8.26. The summed E-state index contributed by atoms with van der Waals surface area (Å²) in [6.07, 6.45) is 5.13. The summed E-state index contributed by atoms with van der Waals surface area (Å²) in [5.41, 5.74) is 1.48. The molecule has 9 heteroatoms. The number of nitrogens with zero attached hydrogens (tertiary/aromatic N) is 4. The molecule has 1 aromatic carbocycles. The molecule has 3 aromatic rings. The zero-order valence-corrected chi connectivity index (χ0v) is 20.2. The third kappa shape index (κ3) is 3.76. The largest absolute Gasteiger partial charge is 0.352 e. The predicted octanol–water partition coefficient (Wildman–Crippen LogP) is 3.45. The Hall–Kier alpha value is -1.97. The van der Waals surface area contributed by atoms with Gasteiger partial charge in [0, 0.05) is 41.3 Å². The van der Waals surface area contributed by atoms with Crippen molar-refractivity contribution in [3.63, 3.8) is 0 Å². The van der Waals surface area contributed by atoms with Gasteiger partial charge in [0.1, 0.15) is 17.8 Å². The third-order valence-corrected chi connectivity index (χ3v) is 7.63. The molecule has 0 unspecified atom stereocenters. The van der Waals surface area contributed by atoms with Crippen molar-refractivity contribution in [3.8, 4) is 0 Å². The van der Waals surface area contributed by atoms with Crippen LogP contribution in [0.5, 0.6) is 0 Å². The minimum atomic E-state index is -0.455. The summed E-state index contributed by atoms with van der Waals surface area (Å²) in [6.45, 7) is 4.60. The monoisotopic (exact) mass is 546 g/mol. The van der Waals surface area contributed by atoms with E-state index in [9.17, 15) is 4.79 Å². The first kappa shape index (κ1) is 20.9. The fourth-order valence-corrected chi connectivity index (χ4v) is 5.72. The van der Waals surface area contributed by atoms with Crippen molar-refractivity contribution in [3.05, 3.63) is 51.3 Å². The molecular formula is C22H24Br2N6O. The fraction of sp³-hybridized carbons (Fsp3) is 0.409. The molecule has 4 heterocycles. The van der Waals surface area contributed by atoms with Gasteiger partial charge in [0.25, 0.3) is 0 Å². The number of H-pyrrole nitrogens is 1. The summed E-state index contributed by atoms with van der Waals surface area (Å²) in [4.78, 5) is 30.2. The Morgan fingerprint density at radius 1 is 1.06 bits per heavy atom. The van der Waals surface area contributed by atoms with Crippen molar-refractivity contribution in [2.45, 2.75) is 18.3 Å². The summed E-state index contributed by atoms with van der Waals surface area (Å²) in [5, 5.41) is 4.41. The van der Waals surface area contributed by atoms with Crippen LogP contribution in [0.2, 0.25) is 0 Å². The number of hydrogen-bond acceptors (Lipinski definition) is 5. The van der Waals surface area contributed by atoms with E-state index in [1.165, 1.54) is 0 Å². The maximum absolute atomic E-state index is 13.9. The highest BCUT2D eigenvalue weighted by atomic mass is 79.9. The summed E-state index contributed by atoms with van der Waals surface area (Å²) < 4.78 is 1.98. The Morgan fingerprint density at radius 2 is 1.84 bits per heavy atom. The van der Waals surface area contributed by atoms with Gasteiger partial charge < -0.3 is 20.1 Å². The van der Waals surface area contributed by atoms with Gasteiger partial charge in [-0.1, -0.05) is 28.1 Å². The van der Waals surface area contributed by atoms with Crippen LogP contribution in [0.4, 0.5) is 5.82 Å². The van der Waals surface area contributed by atoms with Crippen molar-refractivity contribution in [1.29, 1.82) is 0 Å². The van der Waals surface area contributed by atoms with Gasteiger partial charge in [-0.05, 0) is 59.6 Å². The standard InChI is InChI=1S/C22H24Br2N6O/c23-16-3-1-2-15(12-16)22(4-6-25-7-5-22)21(31)30-10-8-29(9-11-30)20-18-17(24)13-26-19(18)27-14-28-20/h1-3,12-14,25H,4-11H2,(H,26,27,28). The van der Waals surface area contributed by atoms with E-state index < -0.39 is 5.41 Å². The van der Waals surface area contributed by atoms with Crippen LogP contribution in [0.1, 0.15) is 18.4 Å². The van der Waals surface area contributed by atoms with Gasteiger partial charge in [-0.2, -0.15) is 0 Å². The minimum Gasteiger partial charge on any atom is -0.352 e. The van der Waals surface area contributed by atoms with E-state index in [-0.39, 0.29) is 5.91 Å². The average Bonchev–Trinajstić information content (AvgIpc) is 3.20. The second-order valence-electron chi connectivity index (χ2n) is 8.18. The number of piperidine rings is 1. The Bertz CT molecular complexity index is 1100. The molecule has 2 aliphatic heterocycles. The molecule has 0 atom stereocenters. The molecule has 0 bridgehead atoms. The minimum absolute atomic E-state index is 0.252. The van der Waals surface area contributed by atoms with E-state index in [1.54, 1.807) is 6.33 Å². The van der Waals surface area contributed by atoms with Crippen LogP contribution in [0.15, 0.2) is 45.7 Å². The molecule has 5 rings (SSSR count). The number of anilines is 1. The summed E-state index contributed by atoms with van der Waals surface area (Å²) >= 11 is 7.19. The lowest BCUT2D eigenvalue weighted by atomic mass is 9.72. The predicted molar refractivity (Wildman–Crippen MR) is 128 cm³/mol. The molecule has 2 N–H and O–H groups in total. The number of fused-ring (bicyclic) bond motifs is 1. The Morgan fingerprint density at radius 3 is 2.58 bits per heavy atom. The van der Waals surface area contributed by atoms with Crippen molar-refractivity contribution in [1.82, 2.24) is 25.2 Å². The molecule has 2 saturated heterocycles. The molecule has 0 aliphatic carbocycles. The van der Waals surface area contributed by atoms with Crippen LogP contribution in [0, 0.1) is 0 Å². The molecule has 2 fully saturated rings. The first-order valence-corrected chi connectivity index (χ1v) is 12.2. The van der Waals surface area contributed by atoms with E-state index in [0.29, 0.717) is 13.1 Å². The number of hydrogen-bond donors (Lipinski definition) is 2. The van der Waals surface area contributed by atoms with Crippen LogP contribution in [-0.4, -0.2) is 65.0 Å². The van der Waals surface area contributed by atoms with E-state index in [2.05, 4.69) is 69.2 Å². The Kier molecular flexibility index (Phi) is 5.75. The fourth-order valence-electron chi connectivity index (χ4n) is 4.84. The highest BCUT2D eigenvalue weighted by Crippen LogP contribution is 2.37. The number of rotatable bonds is 3. The highest BCUT2D eigenvalue weighted by molar-refractivity contribution is 9.11. The van der Waals surface area contributed by atoms with Gasteiger partial charge in [0.05, 0.1) is 10.8 Å². The maximum Gasteiger partial charge on any atom is 0.233 e. The molecule has 162 valence electrons. The highest BCUT2D eigenvalue weighted by Gasteiger charge is 2.44. The Balaban J connectivity index is 1.38. The van der Waals surface area contributed by atoms with Crippen LogP contribution in [-0.2, 0) is 10.2 Å². The van der Waals surface area contributed by atoms with Gasteiger partial charge in [0.15, 0.2) is 0 Å². The first-order chi connectivity index (χ1) is 15.1. The molecule has 0 spiro atoms.